The maximum atomic E-state index is 11.8. The van der Waals surface area contributed by atoms with E-state index in [0.717, 1.165) is 18.5 Å². The molecule has 3 nitrogen and oxygen atoms in total. The summed E-state index contributed by atoms with van der Waals surface area (Å²) in [5.74, 6) is -0.0250. The molecule has 0 bridgehead atoms. The van der Waals surface area contributed by atoms with Crippen molar-refractivity contribution in [3.63, 3.8) is 0 Å². The summed E-state index contributed by atoms with van der Waals surface area (Å²) in [6.07, 6.45) is 1.66. The molecule has 0 aliphatic heterocycles. The second kappa shape index (κ2) is 5.51. The lowest BCUT2D eigenvalue weighted by Gasteiger charge is -2.21. The molecule has 15 heavy (non-hydrogen) atoms. The monoisotopic (exact) mass is 206 g/mol. The fourth-order valence-corrected chi connectivity index (χ4v) is 1.46. The Labute approximate surface area is 90.9 Å². The van der Waals surface area contributed by atoms with E-state index in [0.29, 0.717) is 0 Å². The van der Waals surface area contributed by atoms with Crippen LogP contribution in [0.1, 0.15) is 19.8 Å². The number of hydrogen-bond donors (Lipinski definition) is 1. The van der Waals surface area contributed by atoms with Gasteiger partial charge in [-0.25, -0.2) is 0 Å². The Morgan fingerprint density at radius 1 is 1.40 bits per heavy atom. The van der Waals surface area contributed by atoms with Crippen LogP contribution < -0.4 is 10.6 Å². The Kier molecular flexibility index (Phi) is 4.31. The minimum Gasteiger partial charge on any atom is -0.320 e. The number of carbonyl (C=O) groups excluding carboxylic acids is 1. The normalized spacial score (nSPS) is 12.2. The first-order valence-corrected chi connectivity index (χ1v) is 5.25. The fourth-order valence-electron chi connectivity index (χ4n) is 1.46. The number of benzene rings is 1. The minimum absolute atomic E-state index is 0.0250. The van der Waals surface area contributed by atoms with Crippen molar-refractivity contribution in [1.29, 1.82) is 0 Å². The van der Waals surface area contributed by atoms with Crippen molar-refractivity contribution >= 4 is 11.6 Å². The van der Waals surface area contributed by atoms with Crippen LogP contribution in [0.4, 0.5) is 5.69 Å². The van der Waals surface area contributed by atoms with E-state index in [-0.39, 0.29) is 11.9 Å². The van der Waals surface area contributed by atoms with Gasteiger partial charge in [-0.05, 0) is 18.6 Å². The molecular formula is C12H18N2O. The smallest absolute Gasteiger partial charge is 0.243 e. The molecule has 1 atom stereocenters. The molecule has 1 rings (SSSR count). The molecule has 82 valence electrons. The predicted molar refractivity (Wildman–Crippen MR) is 62.7 cm³/mol. The van der Waals surface area contributed by atoms with Gasteiger partial charge in [0.05, 0.1) is 6.04 Å². The molecule has 0 aliphatic carbocycles. The zero-order valence-corrected chi connectivity index (χ0v) is 9.31. The largest absolute Gasteiger partial charge is 0.320 e. The zero-order chi connectivity index (χ0) is 11.3. The van der Waals surface area contributed by atoms with Crippen molar-refractivity contribution in [2.24, 2.45) is 5.73 Å². The highest BCUT2D eigenvalue weighted by Gasteiger charge is 2.17. The highest BCUT2D eigenvalue weighted by atomic mass is 16.2. The van der Waals surface area contributed by atoms with Gasteiger partial charge in [0.1, 0.15) is 0 Å². The number of anilines is 1. The third-order valence-electron chi connectivity index (χ3n) is 2.39. The summed E-state index contributed by atoms with van der Waals surface area (Å²) in [7, 11) is 1.76. The molecule has 0 saturated heterocycles. The van der Waals surface area contributed by atoms with Crippen molar-refractivity contribution in [2.75, 3.05) is 11.9 Å². The van der Waals surface area contributed by atoms with E-state index in [1.54, 1.807) is 11.9 Å². The Hall–Kier alpha value is -1.35. The molecule has 3 heteroatoms. The highest BCUT2D eigenvalue weighted by molar-refractivity contribution is 5.96. The minimum atomic E-state index is -0.389. The van der Waals surface area contributed by atoms with E-state index in [1.807, 2.05) is 37.3 Å². The number of para-hydroxylation sites is 1. The van der Waals surface area contributed by atoms with Crippen molar-refractivity contribution in [2.45, 2.75) is 25.8 Å². The van der Waals surface area contributed by atoms with Crippen LogP contribution in [0.3, 0.4) is 0 Å². The van der Waals surface area contributed by atoms with Crippen molar-refractivity contribution in [3.8, 4) is 0 Å². The van der Waals surface area contributed by atoms with E-state index in [4.69, 9.17) is 5.73 Å². The summed E-state index contributed by atoms with van der Waals surface area (Å²) in [5.41, 5.74) is 6.66. The fraction of sp³-hybridized carbons (Fsp3) is 0.417. The van der Waals surface area contributed by atoms with Crippen LogP contribution >= 0.6 is 0 Å². The van der Waals surface area contributed by atoms with Crippen molar-refractivity contribution < 1.29 is 4.79 Å². The van der Waals surface area contributed by atoms with Gasteiger partial charge in [-0.3, -0.25) is 4.79 Å². The third-order valence-corrected chi connectivity index (χ3v) is 2.39. The van der Waals surface area contributed by atoms with Gasteiger partial charge < -0.3 is 10.6 Å². The number of nitrogens with zero attached hydrogens (tertiary/aromatic N) is 1. The Morgan fingerprint density at radius 2 is 2.00 bits per heavy atom. The number of likely N-dealkylation sites (N-methyl/N-ethyl adjacent to an activating group) is 1. The lowest BCUT2D eigenvalue weighted by Crippen LogP contribution is -2.41. The van der Waals surface area contributed by atoms with Gasteiger partial charge in [0, 0.05) is 12.7 Å². The topological polar surface area (TPSA) is 46.3 Å². The first kappa shape index (κ1) is 11.7. The molecule has 0 unspecified atom stereocenters. The van der Waals surface area contributed by atoms with Crippen LogP contribution in [0.2, 0.25) is 0 Å². The van der Waals surface area contributed by atoms with Gasteiger partial charge in [-0.2, -0.15) is 0 Å². The van der Waals surface area contributed by atoms with Gasteiger partial charge in [0.25, 0.3) is 0 Å². The molecule has 1 amide bonds. The summed E-state index contributed by atoms with van der Waals surface area (Å²) < 4.78 is 0. The molecule has 0 radical (unpaired) electrons. The van der Waals surface area contributed by atoms with Crippen molar-refractivity contribution in [1.82, 2.24) is 0 Å². The average Bonchev–Trinajstić information content (AvgIpc) is 2.28. The van der Waals surface area contributed by atoms with Gasteiger partial charge in [-0.15, -0.1) is 0 Å². The number of rotatable bonds is 4. The molecule has 1 aromatic carbocycles. The summed E-state index contributed by atoms with van der Waals surface area (Å²) in [5, 5.41) is 0. The Bertz CT molecular complexity index is 311. The molecule has 0 spiro atoms. The zero-order valence-electron chi connectivity index (χ0n) is 9.31. The van der Waals surface area contributed by atoms with Crippen molar-refractivity contribution in [3.05, 3.63) is 30.3 Å². The van der Waals surface area contributed by atoms with Crippen LogP contribution in [0, 0.1) is 0 Å². The molecule has 0 heterocycles. The highest BCUT2D eigenvalue weighted by Crippen LogP contribution is 2.12. The molecule has 0 aromatic heterocycles. The summed E-state index contributed by atoms with van der Waals surface area (Å²) in [4.78, 5) is 13.4. The standard InChI is InChI=1S/C12H18N2O/c1-3-7-11(13)12(15)14(2)10-8-5-4-6-9-10/h4-6,8-9,11H,3,7,13H2,1-2H3/t11-/m1/s1. The van der Waals surface area contributed by atoms with Crippen LogP contribution in [-0.2, 0) is 4.79 Å². The lowest BCUT2D eigenvalue weighted by molar-refractivity contribution is -0.119. The predicted octanol–water partition coefficient (Wildman–Crippen LogP) is 1.78. The molecule has 1 aromatic rings. The van der Waals surface area contributed by atoms with Gasteiger partial charge in [-0.1, -0.05) is 31.5 Å². The summed E-state index contributed by atoms with van der Waals surface area (Å²) >= 11 is 0. The maximum Gasteiger partial charge on any atom is 0.243 e. The molecule has 0 saturated carbocycles. The van der Waals surface area contributed by atoms with E-state index < -0.39 is 0 Å². The Balaban J connectivity index is 2.69. The van der Waals surface area contributed by atoms with E-state index in [1.165, 1.54) is 0 Å². The number of carbonyl (C=O) groups is 1. The molecule has 2 N–H and O–H groups in total. The number of hydrogen-bond acceptors (Lipinski definition) is 2. The number of nitrogens with two attached hydrogens (primary N) is 1. The SMILES string of the molecule is CCC[C@@H](N)C(=O)N(C)c1ccccc1. The Morgan fingerprint density at radius 3 is 2.53 bits per heavy atom. The van der Waals surface area contributed by atoms with Gasteiger partial charge >= 0.3 is 0 Å². The second-order valence-electron chi connectivity index (χ2n) is 3.63. The number of amides is 1. The van der Waals surface area contributed by atoms with Gasteiger partial charge in [0.2, 0.25) is 5.91 Å². The molecule has 0 aliphatic rings. The average molecular weight is 206 g/mol. The van der Waals surface area contributed by atoms with Crippen LogP contribution in [0.5, 0.6) is 0 Å². The van der Waals surface area contributed by atoms with Crippen LogP contribution in [0.25, 0.3) is 0 Å². The quantitative estimate of drug-likeness (QED) is 0.816. The van der Waals surface area contributed by atoms with E-state index >= 15 is 0 Å². The van der Waals surface area contributed by atoms with Crippen LogP contribution in [-0.4, -0.2) is 19.0 Å². The second-order valence-corrected chi connectivity index (χ2v) is 3.63. The maximum absolute atomic E-state index is 11.8. The first-order chi connectivity index (χ1) is 7.16. The van der Waals surface area contributed by atoms with E-state index in [9.17, 15) is 4.79 Å². The summed E-state index contributed by atoms with van der Waals surface area (Å²) in [6.45, 7) is 2.02. The summed E-state index contributed by atoms with van der Waals surface area (Å²) in [6, 6.07) is 9.15. The van der Waals surface area contributed by atoms with E-state index in [2.05, 4.69) is 0 Å². The van der Waals surface area contributed by atoms with Crippen LogP contribution in [0.15, 0.2) is 30.3 Å². The molecule has 0 fully saturated rings. The lowest BCUT2D eigenvalue weighted by atomic mass is 10.1. The molecular weight excluding hydrogens is 188 g/mol. The third kappa shape index (κ3) is 3.06. The van der Waals surface area contributed by atoms with Gasteiger partial charge in [0.15, 0.2) is 0 Å². The first-order valence-electron chi connectivity index (χ1n) is 5.25.